The number of hydrogen-bond acceptors (Lipinski definition) is 5. The monoisotopic (exact) mass is 504 g/mol. The van der Waals surface area contributed by atoms with E-state index in [0.717, 1.165) is 75.7 Å². The van der Waals surface area contributed by atoms with Crippen molar-refractivity contribution in [2.24, 2.45) is 0 Å². The maximum absolute atomic E-state index is 13.1. The van der Waals surface area contributed by atoms with Gasteiger partial charge in [-0.2, -0.15) is 0 Å². The summed E-state index contributed by atoms with van der Waals surface area (Å²) in [5, 5.41) is 3.72. The molecular weight excluding hydrogens is 472 g/mol. The topological polar surface area (TPSA) is 57.7 Å². The van der Waals surface area contributed by atoms with Crippen LogP contribution in [0.1, 0.15) is 34.3 Å². The van der Waals surface area contributed by atoms with Gasteiger partial charge in [0.25, 0.3) is 5.91 Å². The van der Waals surface area contributed by atoms with Gasteiger partial charge in [0.1, 0.15) is 5.82 Å². The second kappa shape index (κ2) is 11.4. The summed E-state index contributed by atoms with van der Waals surface area (Å²) < 4.78 is 5.43. The Morgan fingerprint density at radius 3 is 2.47 bits per heavy atom. The summed E-state index contributed by atoms with van der Waals surface area (Å²) in [5.74, 6) is 0.920. The van der Waals surface area contributed by atoms with E-state index in [1.165, 1.54) is 11.1 Å². The summed E-state index contributed by atoms with van der Waals surface area (Å²) in [4.78, 5) is 22.4. The van der Waals surface area contributed by atoms with Gasteiger partial charge in [-0.15, -0.1) is 0 Å². The zero-order chi connectivity index (χ0) is 24.9. The Balaban J connectivity index is 1.14. The molecule has 5 rings (SSSR count). The smallest absolute Gasteiger partial charge is 0.253 e. The van der Waals surface area contributed by atoms with Crippen molar-refractivity contribution in [2.75, 3.05) is 44.3 Å². The van der Waals surface area contributed by atoms with Crippen LogP contribution >= 0.6 is 11.6 Å². The molecule has 1 N–H and O–H groups in total. The number of ether oxygens (including phenoxy) is 1. The molecule has 2 saturated heterocycles. The fourth-order valence-electron chi connectivity index (χ4n) is 4.91. The molecule has 0 spiro atoms. The number of morpholine rings is 1. The number of carbonyl (C=O) groups is 1. The first-order valence-corrected chi connectivity index (χ1v) is 13.1. The van der Waals surface area contributed by atoms with E-state index < -0.39 is 0 Å². The van der Waals surface area contributed by atoms with Gasteiger partial charge in [-0.25, -0.2) is 4.98 Å². The second-order valence-electron chi connectivity index (χ2n) is 9.68. The number of halogens is 1. The molecule has 1 aromatic heterocycles. The average Bonchev–Trinajstić information content (AvgIpc) is 2.91. The Bertz CT molecular complexity index is 1170. The van der Waals surface area contributed by atoms with Gasteiger partial charge < -0.3 is 15.0 Å². The number of nitrogens with zero attached hydrogens (tertiary/aromatic N) is 3. The highest BCUT2D eigenvalue weighted by Crippen LogP contribution is 2.31. The normalized spacial score (nSPS) is 17.2. The zero-order valence-electron chi connectivity index (χ0n) is 20.8. The first-order valence-electron chi connectivity index (χ1n) is 12.7. The number of carbonyl (C=O) groups excluding carboxylic acids is 1. The molecule has 2 fully saturated rings. The summed E-state index contributed by atoms with van der Waals surface area (Å²) in [5.41, 5.74) is 4.84. The largest absolute Gasteiger partial charge is 0.378 e. The zero-order valence-corrected chi connectivity index (χ0v) is 21.5. The number of aromatic nitrogens is 1. The summed E-state index contributed by atoms with van der Waals surface area (Å²) in [6, 6.07) is 18.3. The lowest BCUT2D eigenvalue weighted by molar-refractivity contribution is 0.0909. The molecule has 0 saturated carbocycles. The number of rotatable bonds is 6. The Kier molecular flexibility index (Phi) is 7.85. The van der Waals surface area contributed by atoms with Crippen molar-refractivity contribution in [3.8, 4) is 11.1 Å². The molecule has 2 aromatic carbocycles. The number of benzene rings is 2. The van der Waals surface area contributed by atoms with Crippen molar-refractivity contribution in [2.45, 2.75) is 32.4 Å². The Hall–Kier alpha value is -2.93. The molecule has 1 amide bonds. The molecule has 6 nitrogen and oxygen atoms in total. The molecule has 0 aliphatic carbocycles. The summed E-state index contributed by atoms with van der Waals surface area (Å²) in [7, 11) is 0. The number of piperidine rings is 1. The van der Waals surface area contributed by atoms with Crippen LogP contribution in [0.5, 0.6) is 0 Å². The van der Waals surface area contributed by atoms with Gasteiger partial charge >= 0.3 is 0 Å². The Morgan fingerprint density at radius 2 is 1.78 bits per heavy atom. The standard InChI is InChI=1S/C29H33ClN4O2/c1-21-5-8-23(9-6-21)25-3-2-4-26(28(25)30)29(35)32-24-11-13-33(14-12-24)20-22-7-10-27(31-19-22)34-15-17-36-18-16-34/h2-10,19,24H,11-18,20H2,1H3,(H,32,35). The van der Waals surface area contributed by atoms with Crippen LogP contribution in [0.2, 0.25) is 5.02 Å². The minimum atomic E-state index is -0.102. The molecule has 2 aliphatic heterocycles. The molecule has 3 aromatic rings. The van der Waals surface area contributed by atoms with Crippen LogP contribution in [0, 0.1) is 6.92 Å². The van der Waals surface area contributed by atoms with Gasteiger partial charge in [0.05, 0.1) is 23.8 Å². The van der Waals surface area contributed by atoms with Crippen LogP contribution in [0.4, 0.5) is 5.82 Å². The summed E-state index contributed by atoms with van der Waals surface area (Å²) >= 11 is 6.69. The van der Waals surface area contributed by atoms with E-state index in [-0.39, 0.29) is 11.9 Å². The van der Waals surface area contributed by atoms with Crippen LogP contribution in [0.15, 0.2) is 60.8 Å². The maximum Gasteiger partial charge on any atom is 0.253 e. The SMILES string of the molecule is Cc1ccc(-c2cccc(C(=O)NC3CCN(Cc4ccc(N5CCOCC5)nc4)CC3)c2Cl)cc1. The van der Waals surface area contributed by atoms with Crippen molar-refractivity contribution in [1.29, 1.82) is 0 Å². The van der Waals surface area contributed by atoms with Crippen molar-refractivity contribution in [1.82, 2.24) is 15.2 Å². The lowest BCUT2D eigenvalue weighted by Crippen LogP contribution is -2.44. The maximum atomic E-state index is 13.1. The molecule has 0 radical (unpaired) electrons. The third-order valence-corrected chi connectivity index (χ3v) is 7.49. The Labute approximate surface area is 218 Å². The molecule has 36 heavy (non-hydrogen) atoms. The van der Waals surface area contributed by atoms with Gasteiger partial charge in [-0.3, -0.25) is 9.69 Å². The third-order valence-electron chi connectivity index (χ3n) is 7.08. The lowest BCUT2D eigenvalue weighted by atomic mass is 10.0. The molecule has 7 heteroatoms. The molecular formula is C29H33ClN4O2. The summed E-state index contributed by atoms with van der Waals surface area (Å²) in [6.07, 6.45) is 3.82. The summed E-state index contributed by atoms with van der Waals surface area (Å²) in [6.45, 7) is 8.13. The van der Waals surface area contributed by atoms with Crippen LogP contribution < -0.4 is 10.2 Å². The fraction of sp³-hybridized carbons (Fsp3) is 0.379. The van der Waals surface area contributed by atoms with E-state index in [2.05, 4.69) is 51.3 Å². The predicted molar refractivity (Wildman–Crippen MR) is 145 cm³/mol. The highest BCUT2D eigenvalue weighted by molar-refractivity contribution is 6.36. The highest BCUT2D eigenvalue weighted by atomic mass is 35.5. The number of amides is 1. The van der Waals surface area contributed by atoms with Crippen LogP contribution in [0.25, 0.3) is 11.1 Å². The van der Waals surface area contributed by atoms with Crippen molar-refractivity contribution >= 4 is 23.3 Å². The number of hydrogen-bond donors (Lipinski definition) is 1. The first-order chi connectivity index (χ1) is 17.6. The molecule has 2 aliphatic rings. The van der Waals surface area contributed by atoms with Gasteiger partial charge in [-0.05, 0) is 43.0 Å². The molecule has 188 valence electrons. The highest BCUT2D eigenvalue weighted by Gasteiger charge is 2.23. The van der Waals surface area contributed by atoms with Crippen LogP contribution in [0.3, 0.4) is 0 Å². The van der Waals surface area contributed by atoms with Crippen molar-refractivity contribution in [3.63, 3.8) is 0 Å². The molecule has 0 bridgehead atoms. The van der Waals surface area contributed by atoms with Gasteiger partial charge in [-0.1, -0.05) is 59.6 Å². The van der Waals surface area contributed by atoms with E-state index in [1.807, 2.05) is 30.5 Å². The lowest BCUT2D eigenvalue weighted by Gasteiger charge is -2.32. The first kappa shape index (κ1) is 24.8. The molecule has 0 unspecified atom stereocenters. The van der Waals surface area contributed by atoms with E-state index >= 15 is 0 Å². The quantitative estimate of drug-likeness (QED) is 0.515. The predicted octanol–water partition coefficient (Wildman–Crippen LogP) is 4.94. The van der Waals surface area contributed by atoms with Gasteiger partial charge in [0.2, 0.25) is 0 Å². The van der Waals surface area contributed by atoms with E-state index in [4.69, 9.17) is 16.3 Å². The van der Waals surface area contributed by atoms with Gasteiger partial charge in [0.15, 0.2) is 0 Å². The number of aryl methyl sites for hydroxylation is 1. The number of pyridine rings is 1. The molecule has 0 atom stereocenters. The minimum Gasteiger partial charge on any atom is -0.378 e. The van der Waals surface area contributed by atoms with E-state index in [9.17, 15) is 4.79 Å². The average molecular weight is 505 g/mol. The van der Waals surface area contributed by atoms with E-state index in [0.29, 0.717) is 10.6 Å². The van der Waals surface area contributed by atoms with Crippen LogP contribution in [-0.4, -0.2) is 61.2 Å². The van der Waals surface area contributed by atoms with Crippen molar-refractivity contribution in [3.05, 3.63) is 82.5 Å². The van der Waals surface area contributed by atoms with Crippen molar-refractivity contribution < 1.29 is 9.53 Å². The number of likely N-dealkylation sites (tertiary alicyclic amines) is 1. The van der Waals surface area contributed by atoms with Gasteiger partial charge in [0, 0.05) is 50.5 Å². The number of nitrogens with one attached hydrogen (secondary N) is 1. The number of anilines is 1. The Morgan fingerprint density at radius 1 is 1.03 bits per heavy atom. The third kappa shape index (κ3) is 5.89. The van der Waals surface area contributed by atoms with E-state index in [1.54, 1.807) is 6.07 Å². The molecule has 3 heterocycles. The second-order valence-corrected chi connectivity index (χ2v) is 10.1. The van der Waals surface area contributed by atoms with Crippen LogP contribution in [-0.2, 0) is 11.3 Å². The fourth-order valence-corrected chi connectivity index (χ4v) is 5.23. The minimum absolute atomic E-state index is 0.102.